The highest BCUT2D eigenvalue weighted by molar-refractivity contribution is 8.01. The Morgan fingerprint density at radius 2 is 2.15 bits per heavy atom. The number of carbonyl (C=O) groups excluding carboxylic acids is 1. The lowest BCUT2D eigenvalue weighted by Crippen LogP contribution is -2.81. The molecule has 1 saturated heterocycles. The van der Waals surface area contributed by atoms with Crippen molar-refractivity contribution in [2.75, 3.05) is 20.1 Å². The first kappa shape index (κ1) is 15.3. The molecular formula is C14H19F2N2OS+. The molecule has 1 amide bonds. The summed E-state index contributed by atoms with van der Waals surface area (Å²) in [6, 6.07) is 3.56. The van der Waals surface area contributed by atoms with Crippen LogP contribution < -0.4 is 5.32 Å². The predicted octanol–water partition coefficient (Wildman–Crippen LogP) is 1.51. The Morgan fingerprint density at radius 1 is 1.40 bits per heavy atom. The Bertz CT molecular complexity index is 498. The van der Waals surface area contributed by atoms with Crippen molar-refractivity contribution in [3.05, 3.63) is 35.4 Å². The molecule has 1 aliphatic rings. The lowest BCUT2D eigenvalue weighted by Gasteiger charge is -2.23. The number of halogens is 2. The number of amides is 1. The summed E-state index contributed by atoms with van der Waals surface area (Å²) in [4.78, 5) is 14.0. The van der Waals surface area contributed by atoms with Crippen LogP contribution in [0, 0.1) is 11.6 Å². The molecule has 0 saturated carbocycles. The zero-order chi connectivity index (χ0) is 14.7. The van der Waals surface area contributed by atoms with E-state index in [1.807, 2.05) is 19.3 Å². The van der Waals surface area contributed by atoms with Crippen LogP contribution in [0.2, 0.25) is 0 Å². The van der Waals surface area contributed by atoms with Crippen molar-refractivity contribution in [2.24, 2.45) is 0 Å². The molecule has 20 heavy (non-hydrogen) atoms. The fourth-order valence-electron chi connectivity index (χ4n) is 2.30. The molecule has 0 bridgehead atoms. The molecule has 0 spiro atoms. The molecule has 1 aromatic carbocycles. The maximum atomic E-state index is 14.0. The Balaban J connectivity index is 2.29. The number of benzene rings is 1. The maximum Gasteiger partial charge on any atom is 0.237 e. The van der Waals surface area contributed by atoms with Gasteiger partial charge in [0.2, 0.25) is 5.91 Å². The van der Waals surface area contributed by atoms with Crippen LogP contribution in [0.1, 0.15) is 24.3 Å². The molecule has 2 N–H and O–H groups in total. The van der Waals surface area contributed by atoms with Crippen molar-refractivity contribution in [2.45, 2.75) is 24.0 Å². The summed E-state index contributed by atoms with van der Waals surface area (Å²) >= 11 is 1.45. The van der Waals surface area contributed by atoms with E-state index in [1.165, 1.54) is 23.9 Å². The van der Waals surface area contributed by atoms with E-state index in [-0.39, 0.29) is 16.5 Å². The van der Waals surface area contributed by atoms with E-state index in [4.69, 9.17) is 0 Å². The molecule has 3 nitrogen and oxygen atoms in total. The molecule has 2 rings (SSSR count). The van der Waals surface area contributed by atoms with E-state index in [9.17, 15) is 13.6 Å². The van der Waals surface area contributed by atoms with Gasteiger partial charge in [0.1, 0.15) is 17.0 Å². The van der Waals surface area contributed by atoms with Gasteiger partial charge >= 0.3 is 0 Å². The minimum absolute atomic E-state index is 0.0491. The SMILES string of the molecule is CC[C@@H]1S[C@@H](c2ccc(F)cc2F)N(CC[NH2+]C)C1=O. The minimum Gasteiger partial charge on any atom is -0.347 e. The van der Waals surface area contributed by atoms with E-state index in [0.29, 0.717) is 12.1 Å². The van der Waals surface area contributed by atoms with E-state index in [0.717, 1.165) is 19.0 Å². The monoisotopic (exact) mass is 301 g/mol. The smallest absolute Gasteiger partial charge is 0.237 e. The topological polar surface area (TPSA) is 36.9 Å². The molecule has 1 heterocycles. The third-order valence-corrected chi connectivity index (χ3v) is 5.02. The molecular weight excluding hydrogens is 282 g/mol. The summed E-state index contributed by atoms with van der Waals surface area (Å²) in [5, 5.41) is 1.49. The quantitative estimate of drug-likeness (QED) is 0.895. The zero-order valence-electron chi connectivity index (χ0n) is 11.6. The number of quaternary nitrogens is 1. The molecule has 1 aromatic rings. The first-order chi connectivity index (χ1) is 9.58. The summed E-state index contributed by atoms with van der Waals surface area (Å²) in [5.41, 5.74) is 0.386. The van der Waals surface area contributed by atoms with Crippen LogP contribution in [-0.2, 0) is 4.79 Å². The van der Waals surface area contributed by atoms with Gasteiger partial charge in [0.15, 0.2) is 0 Å². The fourth-order valence-corrected chi connectivity index (χ4v) is 3.75. The lowest BCUT2D eigenvalue weighted by atomic mass is 10.1. The fraction of sp³-hybridized carbons (Fsp3) is 0.500. The number of likely N-dealkylation sites (N-methyl/N-ethyl adjacent to an activating group) is 1. The number of nitrogens with zero attached hydrogens (tertiary/aromatic N) is 1. The highest BCUT2D eigenvalue weighted by Crippen LogP contribution is 2.44. The van der Waals surface area contributed by atoms with Crippen LogP contribution in [0.5, 0.6) is 0 Å². The van der Waals surface area contributed by atoms with Gasteiger partial charge in [-0.15, -0.1) is 11.8 Å². The Morgan fingerprint density at radius 3 is 2.75 bits per heavy atom. The summed E-state index contributed by atoms with van der Waals surface area (Å²) in [7, 11) is 1.93. The second kappa shape index (κ2) is 6.54. The van der Waals surface area contributed by atoms with Crippen molar-refractivity contribution in [3.8, 4) is 0 Å². The standard InChI is InChI=1S/C14H18F2N2OS/c1-3-12-13(19)18(7-6-17-2)14(20-12)10-5-4-9(15)8-11(10)16/h4-5,8,12,14,17H,3,6-7H2,1-2H3/p+1/t12-,14-/m0/s1. The summed E-state index contributed by atoms with van der Waals surface area (Å²) < 4.78 is 27.0. The number of rotatable bonds is 5. The van der Waals surface area contributed by atoms with Crippen LogP contribution in [0.15, 0.2) is 18.2 Å². The first-order valence-corrected chi connectivity index (χ1v) is 7.71. The average molecular weight is 301 g/mol. The molecule has 0 radical (unpaired) electrons. The van der Waals surface area contributed by atoms with Gasteiger partial charge < -0.3 is 10.2 Å². The summed E-state index contributed by atoms with van der Waals surface area (Å²) in [5.74, 6) is -1.13. The average Bonchev–Trinajstić information content (AvgIpc) is 2.73. The zero-order valence-corrected chi connectivity index (χ0v) is 12.4. The second-order valence-electron chi connectivity index (χ2n) is 4.78. The predicted molar refractivity (Wildman–Crippen MR) is 75.2 cm³/mol. The van der Waals surface area contributed by atoms with E-state index in [1.54, 1.807) is 4.90 Å². The van der Waals surface area contributed by atoms with Gasteiger partial charge in [0, 0.05) is 11.6 Å². The minimum atomic E-state index is -0.596. The number of hydrogen-bond donors (Lipinski definition) is 1. The van der Waals surface area contributed by atoms with Crippen LogP contribution in [0.3, 0.4) is 0 Å². The lowest BCUT2D eigenvalue weighted by molar-refractivity contribution is -0.626. The second-order valence-corrected chi connectivity index (χ2v) is 6.07. The molecule has 0 aliphatic carbocycles. The largest absolute Gasteiger partial charge is 0.347 e. The van der Waals surface area contributed by atoms with Gasteiger partial charge in [-0.2, -0.15) is 0 Å². The number of carbonyl (C=O) groups is 1. The third kappa shape index (κ3) is 2.96. The van der Waals surface area contributed by atoms with Crippen LogP contribution in [-0.4, -0.2) is 36.2 Å². The van der Waals surface area contributed by atoms with Gasteiger partial charge in [-0.3, -0.25) is 4.79 Å². The highest BCUT2D eigenvalue weighted by Gasteiger charge is 2.40. The van der Waals surface area contributed by atoms with Crippen molar-refractivity contribution in [1.29, 1.82) is 0 Å². The Labute approximate surface area is 121 Å². The van der Waals surface area contributed by atoms with E-state index in [2.05, 4.69) is 0 Å². The molecule has 1 fully saturated rings. The molecule has 110 valence electrons. The molecule has 2 atom stereocenters. The maximum absolute atomic E-state index is 14.0. The van der Waals surface area contributed by atoms with Crippen molar-refractivity contribution >= 4 is 17.7 Å². The Kier molecular flexibility index (Phi) is 4.99. The highest BCUT2D eigenvalue weighted by atomic mass is 32.2. The number of thioether (sulfide) groups is 1. The Hall–Kier alpha value is -1.14. The van der Waals surface area contributed by atoms with Gasteiger partial charge in [0.25, 0.3) is 0 Å². The van der Waals surface area contributed by atoms with Crippen LogP contribution in [0.25, 0.3) is 0 Å². The van der Waals surface area contributed by atoms with Crippen LogP contribution >= 0.6 is 11.8 Å². The number of hydrogen-bond acceptors (Lipinski definition) is 2. The van der Waals surface area contributed by atoms with Crippen LogP contribution in [0.4, 0.5) is 8.78 Å². The van der Waals surface area contributed by atoms with Gasteiger partial charge in [-0.1, -0.05) is 13.0 Å². The van der Waals surface area contributed by atoms with Crippen molar-refractivity contribution in [1.82, 2.24) is 4.90 Å². The molecule has 0 unspecified atom stereocenters. The molecule has 1 aliphatic heterocycles. The van der Waals surface area contributed by atoms with E-state index < -0.39 is 11.6 Å². The van der Waals surface area contributed by atoms with E-state index >= 15 is 0 Å². The summed E-state index contributed by atoms with van der Waals surface area (Å²) in [6.07, 6.45) is 0.717. The number of nitrogens with two attached hydrogens (primary N) is 1. The summed E-state index contributed by atoms with van der Waals surface area (Å²) in [6.45, 7) is 3.28. The van der Waals surface area contributed by atoms with Crippen molar-refractivity contribution < 1.29 is 18.9 Å². The van der Waals surface area contributed by atoms with Gasteiger partial charge in [0.05, 0.1) is 25.4 Å². The third-order valence-electron chi connectivity index (χ3n) is 3.39. The first-order valence-electron chi connectivity index (χ1n) is 6.77. The molecule has 0 aromatic heterocycles. The molecule has 6 heteroatoms. The van der Waals surface area contributed by atoms with Gasteiger partial charge in [-0.25, -0.2) is 8.78 Å². The van der Waals surface area contributed by atoms with Crippen molar-refractivity contribution in [3.63, 3.8) is 0 Å². The van der Waals surface area contributed by atoms with Gasteiger partial charge in [-0.05, 0) is 12.5 Å². The normalized spacial score (nSPS) is 22.6.